The Kier molecular flexibility index (Phi) is 3.93. The first kappa shape index (κ1) is 14.3. The number of phenols is 1. The number of hydrogen-bond donors (Lipinski definition) is 2. The predicted octanol–water partition coefficient (Wildman–Crippen LogP) is 2.81. The van der Waals surface area contributed by atoms with Crippen LogP contribution in [0.4, 0.5) is 0 Å². The average Bonchev–Trinajstić information content (AvgIpc) is 2.35. The molecule has 0 aliphatic heterocycles. The molecule has 2 rings (SSSR count). The van der Waals surface area contributed by atoms with Crippen molar-refractivity contribution in [2.75, 3.05) is 0 Å². The molecule has 106 valence electrons. The van der Waals surface area contributed by atoms with Gasteiger partial charge in [0.2, 0.25) is 0 Å². The Morgan fingerprint density at radius 2 is 1.80 bits per heavy atom. The van der Waals surface area contributed by atoms with Gasteiger partial charge in [0.1, 0.15) is 5.75 Å². The lowest BCUT2D eigenvalue weighted by atomic mass is 9.96. The summed E-state index contributed by atoms with van der Waals surface area (Å²) >= 11 is 0. The van der Waals surface area contributed by atoms with Gasteiger partial charge >= 0.3 is 0 Å². The van der Waals surface area contributed by atoms with Gasteiger partial charge in [-0.1, -0.05) is 13.8 Å². The van der Waals surface area contributed by atoms with Crippen LogP contribution in [0.3, 0.4) is 0 Å². The second kappa shape index (κ2) is 5.49. The number of phenolic OH excluding ortho intramolecular Hbond substituents is 1. The highest BCUT2D eigenvalue weighted by molar-refractivity contribution is 5.42. The summed E-state index contributed by atoms with van der Waals surface area (Å²) < 4.78 is 0. The van der Waals surface area contributed by atoms with Crippen molar-refractivity contribution in [3.63, 3.8) is 0 Å². The molecule has 0 radical (unpaired) electrons. The van der Waals surface area contributed by atoms with Crippen LogP contribution < -0.4 is 5.56 Å². The minimum absolute atomic E-state index is 0.122. The van der Waals surface area contributed by atoms with Gasteiger partial charge in [0.05, 0.1) is 5.69 Å². The highest BCUT2D eigenvalue weighted by Crippen LogP contribution is 2.23. The summed E-state index contributed by atoms with van der Waals surface area (Å²) in [6.07, 6.45) is 0.647. The first-order chi connectivity index (χ1) is 9.38. The van der Waals surface area contributed by atoms with Crippen LogP contribution in [0.2, 0.25) is 0 Å². The summed E-state index contributed by atoms with van der Waals surface area (Å²) in [6, 6.07) is 5.37. The van der Waals surface area contributed by atoms with E-state index in [1.807, 2.05) is 33.8 Å². The molecular weight excluding hydrogens is 252 g/mol. The number of aromatic amines is 1. The molecule has 0 fully saturated rings. The Bertz CT molecular complexity index is 664. The molecule has 1 aromatic heterocycles. The third kappa shape index (κ3) is 2.90. The smallest absolute Gasteiger partial charge is 0.267 e. The predicted molar refractivity (Wildman–Crippen MR) is 79.3 cm³/mol. The van der Waals surface area contributed by atoms with Gasteiger partial charge in [0.25, 0.3) is 5.56 Å². The summed E-state index contributed by atoms with van der Waals surface area (Å²) in [4.78, 5) is 11.7. The first-order valence-electron chi connectivity index (χ1n) is 6.76. The number of nitrogens with one attached hydrogen (secondary N) is 1. The van der Waals surface area contributed by atoms with Crippen molar-refractivity contribution in [3.8, 4) is 5.75 Å². The van der Waals surface area contributed by atoms with Gasteiger partial charge in [-0.25, -0.2) is 5.10 Å². The Hall–Kier alpha value is -2.10. The van der Waals surface area contributed by atoms with Crippen molar-refractivity contribution in [2.24, 2.45) is 0 Å². The quantitative estimate of drug-likeness (QED) is 0.903. The van der Waals surface area contributed by atoms with E-state index in [1.54, 1.807) is 12.1 Å². The molecule has 0 spiro atoms. The van der Waals surface area contributed by atoms with Crippen LogP contribution in [0.25, 0.3) is 0 Å². The fourth-order valence-electron chi connectivity index (χ4n) is 2.41. The highest BCUT2D eigenvalue weighted by atomic mass is 16.3. The van der Waals surface area contributed by atoms with E-state index >= 15 is 0 Å². The minimum atomic E-state index is -0.122. The number of aromatic nitrogens is 2. The van der Waals surface area contributed by atoms with Crippen LogP contribution in [0.5, 0.6) is 5.75 Å². The number of hydrogen-bond acceptors (Lipinski definition) is 3. The third-order valence-corrected chi connectivity index (χ3v) is 3.55. The molecule has 0 saturated heterocycles. The summed E-state index contributed by atoms with van der Waals surface area (Å²) in [5, 5.41) is 16.3. The second-order valence-corrected chi connectivity index (χ2v) is 5.53. The largest absolute Gasteiger partial charge is 0.508 e. The lowest BCUT2D eigenvalue weighted by Gasteiger charge is -2.11. The van der Waals surface area contributed by atoms with Crippen molar-refractivity contribution in [1.29, 1.82) is 0 Å². The maximum Gasteiger partial charge on any atom is 0.267 e. The third-order valence-electron chi connectivity index (χ3n) is 3.55. The number of H-pyrrole nitrogens is 1. The van der Waals surface area contributed by atoms with E-state index in [-0.39, 0.29) is 17.2 Å². The van der Waals surface area contributed by atoms with Crippen LogP contribution in [0, 0.1) is 13.8 Å². The highest BCUT2D eigenvalue weighted by Gasteiger charge is 2.10. The minimum Gasteiger partial charge on any atom is -0.508 e. The van der Waals surface area contributed by atoms with E-state index in [0.717, 1.165) is 27.9 Å². The van der Waals surface area contributed by atoms with Gasteiger partial charge in [0.15, 0.2) is 0 Å². The molecular formula is C16H20N2O2. The van der Waals surface area contributed by atoms with Gasteiger partial charge in [0, 0.05) is 12.0 Å². The average molecular weight is 272 g/mol. The SMILES string of the molecule is Cc1cc(O)cc(C)c1Cc1cc(C(C)C)c(=O)[nH]n1. The van der Waals surface area contributed by atoms with Gasteiger partial charge in [-0.2, -0.15) is 5.10 Å². The second-order valence-electron chi connectivity index (χ2n) is 5.53. The van der Waals surface area contributed by atoms with E-state index < -0.39 is 0 Å². The molecule has 2 N–H and O–H groups in total. The first-order valence-corrected chi connectivity index (χ1v) is 6.76. The fourth-order valence-corrected chi connectivity index (χ4v) is 2.41. The lowest BCUT2D eigenvalue weighted by Crippen LogP contribution is -2.17. The molecule has 0 saturated carbocycles. The standard InChI is InChI=1S/C16H20N2O2/c1-9(2)14-7-12(17-18-16(14)20)8-15-10(3)5-13(19)6-11(15)4/h5-7,9,19H,8H2,1-4H3,(H,18,20). The van der Waals surface area contributed by atoms with Gasteiger partial charge < -0.3 is 5.11 Å². The molecule has 4 nitrogen and oxygen atoms in total. The zero-order valence-corrected chi connectivity index (χ0v) is 12.3. The Morgan fingerprint density at radius 1 is 1.20 bits per heavy atom. The summed E-state index contributed by atoms with van der Waals surface area (Å²) in [5.74, 6) is 0.448. The van der Waals surface area contributed by atoms with Crippen LogP contribution in [-0.2, 0) is 6.42 Å². The maximum atomic E-state index is 11.7. The molecule has 0 atom stereocenters. The van der Waals surface area contributed by atoms with Crippen LogP contribution >= 0.6 is 0 Å². The fraction of sp³-hybridized carbons (Fsp3) is 0.375. The molecule has 0 aliphatic carbocycles. The number of benzene rings is 1. The van der Waals surface area contributed by atoms with Crippen LogP contribution in [0.15, 0.2) is 23.0 Å². The summed E-state index contributed by atoms with van der Waals surface area (Å²) in [5.41, 5.74) is 4.66. The summed E-state index contributed by atoms with van der Waals surface area (Å²) in [6.45, 7) is 7.92. The van der Waals surface area contributed by atoms with Crippen LogP contribution in [0.1, 0.15) is 47.7 Å². The molecule has 1 aromatic carbocycles. The number of nitrogens with zero attached hydrogens (tertiary/aromatic N) is 1. The Morgan fingerprint density at radius 3 is 2.35 bits per heavy atom. The van der Waals surface area contributed by atoms with Crippen molar-refractivity contribution in [3.05, 3.63) is 56.5 Å². The van der Waals surface area contributed by atoms with E-state index in [2.05, 4.69) is 10.2 Å². The van der Waals surface area contributed by atoms with Gasteiger partial charge in [-0.15, -0.1) is 0 Å². The zero-order valence-electron chi connectivity index (χ0n) is 12.3. The van der Waals surface area contributed by atoms with Crippen molar-refractivity contribution in [2.45, 2.75) is 40.0 Å². The topological polar surface area (TPSA) is 66.0 Å². The molecule has 1 heterocycles. The lowest BCUT2D eigenvalue weighted by molar-refractivity contribution is 0.474. The monoisotopic (exact) mass is 272 g/mol. The van der Waals surface area contributed by atoms with Crippen molar-refractivity contribution >= 4 is 0 Å². The van der Waals surface area contributed by atoms with Gasteiger partial charge in [-0.3, -0.25) is 4.79 Å². The van der Waals surface area contributed by atoms with Crippen LogP contribution in [-0.4, -0.2) is 15.3 Å². The van der Waals surface area contributed by atoms with Crippen molar-refractivity contribution < 1.29 is 5.11 Å². The Balaban J connectivity index is 2.41. The van der Waals surface area contributed by atoms with E-state index in [9.17, 15) is 9.90 Å². The molecule has 0 aliphatic rings. The summed E-state index contributed by atoms with van der Waals surface area (Å²) in [7, 11) is 0. The molecule has 0 bridgehead atoms. The number of rotatable bonds is 3. The molecule has 0 amide bonds. The van der Waals surface area contributed by atoms with E-state index in [1.165, 1.54) is 0 Å². The van der Waals surface area contributed by atoms with Crippen molar-refractivity contribution in [1.82, 2.24) is 10.2 Å². The molecule has 20 heavy (non-hydrogen) atoms. The normalized spacial score (nSPS) is 11.1. The molecule has 0 unspecified atom stereocenters. The molecule has 2 aromatic rings. The zero-order chi connectivity index (χ0) is 14.9. The number of aromatic hydroxyl groups is 1. The number of aryl methyl sites for hydroxylation is 2. The Labute approximate surface area is 118 Å². The molecule has 4 heteroatoms. The van der Waals surface area contributed by atoms with Gasteiger partial charge in [-0.05, 0) is 54.7 Å². The maximum absolute atomic E-state index is 11.7. The van der Waals surface area contributed by atoms with E-state index in [0.29, 0.717) is 6.42 Å². The van der Waals surface area contributed by atoms with E-state index in [4.69, 9.17) is 0 Å².